The molecule has 0 aliphatic rings. The van der Waals surface area contributed by atoms with Crippen LogP contribution in [0.25, 0.3) is 0 Å². The van der Waals surface area contributed by atoms with Crippen LogP contribution in [0.15, 0.2) is 24.3 Å². The summed E-state index contributed by atoms with van der Waals surface area (Å²) in [6.45, 7) is 7.13. The molecule has 0 bridgehead atoms. The van der Waals surface area contributed by atoms with Gasteiger partial charge in [-0.3, -0.25) is 0 Å². The molecule has 0 saturated carbocycles. The van der Waals surface area contributed by atoms with Crippen LogP contribution in [-0.4, -0.2) is 28.4 Å². The summed E-state index contributed by atoms with van der Waals surface area (Å²) in [5.74, 6) is 0. The van der Waals surface area contributed by atoms with Gasteiger partial charge in [-0.15, -0.1) is 0 Å². The third-order valence-corrected chi connectivity index (χ3v) is 4.61. The summed E-state index contributed by atoms with van der Waals surface area (Å²) in [7, 11) is 0.313. The monoisotopic (exact) mass is 404 g/mol. The zero-order valence-electron chi connectivity index (χ0n) is 16.6. The number of ether oxygens (including phenoxy) is 2. The average Bonchev–Trinajstić information content (AvgIpc) is 2.55. The van der Waals surface area contributed by atoms with Gasteiger partial charge in [-0.1, -0.05) is 37.5 Å². The van der Waals surface area contributed by atoms with Gasteiger partial charge in [0, 0.05) is 0 Å². The molecule has 1 rings (SSSR count). The van der Waals surface area contributed by atoms with E-state index in [0.717, 1.165) is 43.4 Å². The van der Waals surface area contributed by atoms with Gasteiger partial charge in [0.2, 0.25) is 9.76 Å². The zero-order chi connectivity index (χ0) is 20.3. The summed E-state index contributed by atoms with van der Waals surface area (Å²) in [4.78, 5) is 0. The van der Waals surface area contributed by atoms with Crippen LogP contribution < -0.4 is 0 Å². The molecule has 0 saturated heterocycles. The highest BCUT2D eigenvalue weighted by Gasteiger charge is 2.30. The van der Waals surface area contributed by atoms with Crippen LogP contribution >= 0.6 is 0 Å². The molecule has 0 aromatic heterocycles. The minimum Gasteiger partial charge on any atom is -0.372 e. The van der Waals surface area contributed by atoms with Crippen molar-refractivity contribution in [2.24, 2.45) is 0 Å². The van der Waals surface area contributed by atoms with Crippen LogP contribution in [0.2, 0.25) is 6.04 Å². The van der Waals surface area contributed by atoms with E-state index >= 15 is 0 Å². The number of hydrogen-bond donors (Lipinski definition) is 0. The molecular weight excluding hydrogens is 373 g/mol. The molecule has 0 aliphatic heterocycles. The van der Waals surface area contributed by atoms with Crippen molar-refractivity contribution in [3.63, 3.8) is 0 Å². The quantitative estimate of drug-likeness (QED) is 0.229. The number of alkyl halides is 3. The van der Waals surface area contributed by atoms with E-state index < -0.39 is 18.2 Å². The van der Waals surface area contributed by atoms with Gasteiger partial charge in [0.1, 0.15) is 0 Å². The molecule has 0 atom stereocenters. The molecule has 0 N–H and O–H groups in total. The Bertz CT molecular complexity index is 511. The van der Waals surface area contributed by atoms with Crippen LogP contribution in [0.1, 0.15) is 64.5 Å². The number of rotatable bonds is 13. The van der Waals surface area contributed by atoms with Crippen LogP contribution in [0, 0.1) is 0 Å². The number of hydrogen-bond acceptors (Lipinski definition) is 3. The Morgan fingerprint density at radius 3 is 2.15 bits per heavy atom. The standard InChI is InChI=1S/C20H31F3O3Si/c1-15(2)24-19(25-16(3)4)26-27-13-8-6-5-7-10-17-11-9-12-18(14-17)20(21,22)23/h9,11-12,14-16,19H,5-8,10,13H2,1-4H3. The third-order valence-electron chi connectivity index (χ3n) is 3.69. The zero-order valence-corrected chi connectivity index (χ0v) is 17.6. The van der Waals surface area contributed by atoms with E-state index in [4.69, 9.17) is 13.9 Å². The molecule has 27 heavy (non-hydrogen) atoms. The first-order valence-corrected chi connectivity index (χ1v) is 10.7. The lowest BCUT2D eigenvalue weighted by Crippen LogP contribution is -2.28. The van der Waals surface area contributed by atoms with Crippen LogP contribution in [0.5, 0.6) is 0 Å². The predicted molar refractivity (Wildman–Crippen MR) is 101 cm³/mol. The Kier molecular flexibility index (Phi) is 11.2. The molecule has 0 unspecified atom stereocenters. The van der Waals surface area contributed by atoms with Gasteiger partial charge >= 0.3 is 6.18 Å². The second-order valence-corrected chi connectivity index (χ2v) is 8.06. The van der Waals surface area contributed by atoms with E-state index in [2.05, 4.69) is 0 Å². The molecule has 154 valence electrons. The van der Waals surface area contributed by atoms with Crippen LogP contribution in [-0.2, 0) is 26.5 Å². The fourth-order valence-corrected chi connectivity index (χ4v) is 3.20. The maximum absolute atomic E-state index is 12.7. The van der Waals surface area contributed by atoms with E-state index in [9.17, 15) is 13.2 Å². The first-order valence-electron chi connectivity index (χ1n) is 9.54. The lowest BCUT2D eigenvalue weighted by molar-refractivity contribution is -0.275. The Morgan fingerprint density at radius 1 is 0.926 bits per heavy atom. The van der Waals surface area contributed by atoms with Gasteiger partial charge in [0.05, 0.1) is 17.8 Å². The smallest absolute Gasteiger partial charge is 0.372 e. The normalized spacial score (nSPS) is 12.5. The predicted octanol–water partition coefficient (Wildman–Crippen LogP) is 6.00. The topological polar surface area (TPSA) is 27.7 Å². The molecular formula is C20H31F3O3Si. The molecule has 0 aliphatic carbocycles. The first kappa shape index (κ1) is 24.1. The van der Waals surface area contributed by atoms with Gasteiger partial charge in [-0.2, -0.15) is 13.2 Å². The van der Waals surface area contributed by atoms with E-state index in [1.54, 1.807) is 6.07 Å². The van der Waals surface area contributed by atoms with Crippen molar-refractivity contribution in [3.05, 3.63) is 35.4 Å². The van der Waals surface area contributed by atoms with Crippen LogP contribution in [0.4, 0.5) is 13.2 Å². The maximum atomic E-state index is 12.7. The van der Waals surface area contributed by atoms with Crippen molar-refractivity contribution >= 4 is 9.76 Å². The van der Waals surface area contributed by atoms with E-state index in [0.29, 0.717) is 16.2 Å². The van der Waals surface area contributed by atoms with Gasteiger partial charge in [0.25, 0.3) is 6.48 Å². The van der Waals surface area contributed by atoms with Crippen LogP contribution in [0.3, 0.4) is 0 Å². The van der Waals surface area contributed by atoms with Crippen molar-refractivity contribution in [2.75, 3.05) is 0 Å². The van der Waals surface area contributed by atoms with Crippen molar-refractivity contribution in [3.8, 4) is 0 Å². The van der Waals surface area contributed by atoms with Crippen molar-refractivity contribution in [1.29, 1.82) is 0 Å². The summed E-state index contributed by atoms with van der Waals surface area (Å²) in [6, 6.07) is 6.53. The van der Waals surface area contributed by atoms with Gasteiger partial charge in [-0.05, 0) is 58.2 Å². The SMILES string of the molecule is CC(C)OC(O[Si]CCCCCCc1cccc(C(F)(F)F)c1)OC(C)C. The van der Waals surface area contributed by atoms with Gasteiger partial charge < -0.3 is 13.9 Å². The van der Waals surface area contributed by atoms with E-state index in [1.807, 2.05) is 27.7 Å². The van der Waals surface area contributed by atoms with Crippen molar-refractivity contribution in [2.45, 2.75) is 90.7 Å². The first-order chi connectivity index (χ1) is 12.7. The Hall–Kier alpha value is -0.893. The van der Waals surface area contributed by atoms with E-state index in [-0.39, 0.29) is 12.2 Å². The van der Waals surface area contributed by atoms with Crippen molar-refractivity contribution < 1.29 is 27.1 Å². The summed E-state index contributed by atoms with van der Waals surface area (Å²) in [6.07, 6.45) is 0.426. The lowest BCUT2D eigenvalue weighted by Gasteiger charge is -2.22. The molecule has 0 amide bonds. The number of halogens is 3. The minimum absolute atomic E-state index is 0.0365. The second-order valence-electron chi connectivity index (χ2n) is 7.03. The summed E-state index contributed by atoms with van der Waals surface area (Å²) in [5.41, 5.74) is 0.176. The second kappa shape index (κ2) is 12.5. The molecule has 3 nitrogen and oxygen atoms in total. The molecule has 1 aromatic rings. The minimum atomic E-state index is -4.27. The highest BCUT2D eigenvalue weighted by Crippen LogP contribution is 2.29. The Morgan fingerprint density at radius 2 is 1.56 bits per heavy atom. The molecule has 7 heteroatoms. The average molecular weight is 405 g/mol. The largest absolute Gasteiger partial charge is 0.416 e. The van der Waals surface area contributed by atoms with Gasteiger partial charge in [0.15, 0.2) is 0 Å². The molecule has 0 fully saturated rings. The Balaban J connectivity index is 2.15. The van der Waals surface area contributed by atoms with E-state index in [1.165, 1.54) is 12.1 Å². The van der Waals surface area contributed by atoms with Gasteiger partial charge in [-0.25, -0.2) is 0 Å². The maximum Gasteiger partial charge on any atom is 0.416 e. The molecule has 0 spiro atoms. The highest BCUT2D eigenvalue weighted by molar-refractivity contribution is 6.27. The number of benzene rings is 1. The fraction of sp³-hybridized carbons (Fsp3) is 0.700. The number of unbranched alkanes of at least 4 members (excludes halogenated alkanes) is 3. The summed E-state index contributed by atoms with van der Waals surface area (Å²) < 4.78 is 54.9. The highest BCUT2D eigenvalue weighted by atomic mass is 28.2. The van der Waals surface area contributed by atoms with Crippen molar-refractivity contribution in [1.82, 2.24) is 0 Å². The molecule has 1 aromatic carbocycles. The molecule has 2 radical (unpaired) electrons. The fourth-order valence-electron chi connectivity index (χ4n) is 2.44. The summed E-state index contributed by atoms with van der Waals surface area (Å²) >= 11 is 0. The summed E-state index contributed by atoms with van der Waals surface area (Å²) in [5, 5.41) is 0. The number of aryl methyl sites for hydroxylation is 1. The lowest BCUT2D eigenvalue weighted by atomic mass is 10.0. The molecule has 0 heterocycles. The Labute approximate surface area is 163 Å². The third kappa shape index (κ3) is 11.5.